The average molecular weight is 206 g/mol. The van der Waals surface area contributed by atoms with Gasteiger partial charge in [-0.1, -0.05) is 30.3 Å². The molecule has 0 heterocycles. The van der Waals surface area contributed by atoms with Gasteiger partial charge in [0.15, 0.2) is 0 Å². The van der Waals surface area contributed by atoms with Crippen molar-refractivity contribution in [1.82, 2.24) is 5.32 Å². The number of nitrogens with two attached hydrogens (primary N) is 1. The Morgan fingerprint density at radius 2 is 1.93 bits per heavy atom. The second-order valence-electron chi connectivity index (χ2n) is 4.15. The minimum atomic E-state index is -0.630. The Morgan fingerprint density at radius 1 is 1.33 bits per heavy atom. The van der Waals surface area contributed by atoms with Gasteiger partial charge in [0, 0.05) is 6.54 Å². The molecule has 3 N–H and O–H groups in total. The summed E-state index contributed by atoms with van der Waals surface area (Å²) in [5.41, 5.74) is 5.87. The van der Waals surface area contributed by atoms with Gasteiger partial charge >= 0.3 is 0 Å². The maximum Gasteiger partial charge on any atom is 0.237 e. The van der Waals surface area contributed by atoms with Gasteiger partial charge in [-0.05, 0) is 25.8 Å². The van der Waals surface area contributed by atoms with Crippen molar-refractivity contribution in [3.8, 4) is 0 Å². The van der Waals surface area contributed by atoms with Crippen molar-refractivity contribution in [2.24, 2.45) is 5.73 Å². The first-order chi connectivity index (χ1) is 7.02. The van der Waals surface area contributed by atoms with Gasteiger partial charge < -0.3 is 11.1 Å². The molecule has 15 heavy (non-hydrogen) atoms. The zero-order chi connectivity index (χ0) is 11.3. The van der Waals surface area contributed by atoms with Gasteiger partial charge in [-0.25, -0.2) is 0 Å². The predicted octanol–water partition coefficient (Wildman–Crippen LogP) is 1.08. The molecule has 0 saturated carbocycles. The van der Waals surface area contributed by atoms with Crippen LogP contribution in [-0.2, 0) is 11.2 Å². The molecule has 0 fully saturated rings. The fourth-order valence-corrected chi connectivity index (χ4v) is 1.25. The summed E-state index contributed by atoms with van der Waals surface area (Å²) < 4.78 is 0. The lowest BCUT2D eigenvalue weighted by Gasteiger charge is -2.22. The summed E-state index contributed by atoms with van der Waals surface area (Å²) >= 11 is 0. The molecule has 82 valence electrons. The van der Waals surface area contributed by atoms with Crippen LogP contribution in [0.2, 0.25) is 0 Å². The fourth-order valence-electron chi connectivity index (χ4n) is 1.25. The lowest BCUT2D eigenvalue weighted by atomic mass is 10.0. The first-order valence-electron chi connectivity index (χ1n) is 5.11. The fraction of sp³-hybridized carbons (Fsp3) is 0.417. The molecule has 0 spiro atoms. The van der Waals surface area contributed by atoms with E-state index in [4.69, 9.17) is 5.73 Å². The van der Waals surface area contributed by atoms with E-state index in [9.17, 15) is 4.79 Å². The average Bonchev–Trinajstić information content (AvgIpc) is 2.19. The van der Waals surface area contributed by atoms with Crippen LogP contribution in [0.5, 0.6) is 0 Å². The molecule has 0 unspecified atom stereocenters. The molecule has 0 aliphatic heterocycles. The Kier molecular flexibility index (Phi) is 3.86. The first kappa shape index (κ1) is 11.7. The summed E-state index contributed by atoms with van der Waals surface area (Å²) in [5.74, 6) is -0.324. The van der Waals surface area contributed by atoms with Crippen molar-refractivity contribution in [2.75, 3.05) is 6.54 Å². The van der Waals surface area contributed by atoms with Crippen LogP contribution in [0.15, 0.2) is 30.3 Å². The van der Waals surface area contributed by atoms with Crippen LogP contribution < -0.4 is 11.1 Å². The summed E-state index contributed by atoms with van der Waals surface area (Å²) in [6, 6.07) is 10.1. The number of carbonyl (C=O) groups excluding carboxylic acids is 1. The maximum atomic E-state index is 11.0. The van der Waals surface area contributed by atoms with Crippen molar-refractivity contribution in [2.45, 2.75) is 25.8 Å². The highest BCUT2D eigenvalue weighted by Gasteiger charge is 2.23. The zero-order valence-corrected chi connectivity index (χ0v) is 9.29. The topological polar surface area (TPSA) is 55.1 Å². The van der Waals surface area contributed by atoms with E-state index in [2.05, 4.69) is 17.4 Å². The number of rotatable bonds is 5. The predicted molar refractivity (Wildman–Crippen MR) is 61.4 cm³/mol. The number of carbonyl (C=O) groups is 1. The number of primary amides is 1. The molecule has 0 aromatic heterocycles. The number of nitrogens with one attached hydrogen (secondary N) is 1. The third-order valence-electron chi connectivity index (χ3n) is 2.44. The molecule has 1 amide bonds. The van der Waals surface area contributed by atoms with Gasteiger partial charge in [-0.15, -0.1) is 0 Å². The Bertz CT molecular complexity index is 320. The maximum absolute atomic E-state index is 11.0. The second kappa shape index (κ2) is 4.94. The molecular weight excluding hydrogens is 188 g/mol. The second-order valence-corrected chi connectivity index (χ2v) is 4.15. The molecule has 1 aromatic carbocycles. The lowest BCUT2D eigenvalue weighted by Crippen LogP contribution is -2.51. The monoisotopic (exact) mass is 206 g/mol. The molecule has 3 heteroatoms. The molecule has 0 atom stereocenters. The zero-order valence-electron chi connectivity index (χ0n) is 9.29. The van der Waals surface area contributed by atoms with Crippen LogP contribution in [0.1, 0.15) is 19.4 Å². The van der Waals surface area contributed by atoms with E-state index in [0.29, 0.717) is 0 Å². The Hall–Kier alpha value is -1.35. The van der Waals surface area contributed by atoms with Crippen molar-refractivity contribution >= 4 is 5.91 Å². The molecule has 0 saturated heterocycles. The standard InChI is InChI=1S/C12H18N2O/c1-12(2,11(13)15)14-9-8-10-6-4-3-5-7-10/h3-7,14H,8-9H2,1-2H3,(H2,13,15). The molecule has 0 radical (unpaired) electrons. The minimum absolute atomic E-state index is 0.324. The number of hydrogen-bond donors (Lipinski definition) is 2. The van der Waals surface area contributed by atoms with Crippen molar-refractivity contribution in [3.63, 3.8) is 0 Å². The Balaban J connectivity index is 2.37. The van der Waals surface area contributed by atoms with Gasteiger partial charge in [0.1, 0.15) is 0 Å². The largest absolute Gasteiger partial charge is 0.368 e. The van der Waals surface area contributed by atoms with Crippen molar-refractivity contribution in [3.05, 3.63) is 35.9 Å². The van der Waals surface area contributed by atoms with E-state index >= 15 is 0 Å². The quantitative estimate of drug-likeness (QED) is 0.757. The third kappa shape index (κ3) is 3.72. The summed E-state index contributed by atoms with van der Waals surface area (Å²) in [6.07, 6.45) is 0.900. The van der Waals surface area contributed by atoms with E-state index in [-0.39, 0.29) is 5.91 Å². The van der Waals surface area contributed by atoms with Gasteiger partial charge in [0.05, 0.1) is 5.54 Å². The van der Waals surface area contributed by atoms with Gasteiger partial charge in [-0.3, -0.25) is 4.79 Å². The summed E-state index contributed by atoms with van der Waals surface area (Å²) in [7, 11) is 0. The summed E-state index contributed by atoms with van der Waals surface area (Å²) in [6.45, 7) is 4.33. The van der Waals surface area contributed by atoms with Crippen LogP contribution in [0, 0.1) is 0 Å². The van der Waals surface area contributed by atoms with Crippen LogP contribution in [-0.4, -0.2) is 18.0 Å². The van der Waals surface area contributed by atoms with Crippen LogP contribution in [0.3, 0.4) is 0 Å². The highest BCUT2D eigenvalue weighted by atomic mass is 16.1. The van der Waals surface area contributed by atoms with Crippen molar-refractivity contribution in [1.29, 1.82) is 0 Å². The molecule has 0 aliphatic rings. The van der Waals surface area contributed by atoms with E-state index in [1.54, 1.807) is 13.8 Å². The number of hydrogen-bond acceptors (Lipinski definition) is 2. The van der Waals surface area contributed by atoms with E-state index in [1.807, 2.05) is 18.2 Å². The van der Waals surface area contributed by atoms with Gasteiger partial charge in [-0.2, -0.15) is 0 Å². The number of amides is 1. The molecule has 3 nitrogen and oxygen atoms in total. The third-order valence-corrected chi connectivity index (χ3v) is 2.44. The minimum Gasteiger partial charge on any atom is -0.368 e. The van der Waals surface area contributed by atoms with Crippen molar-refractivity contribution < 1.29 is 4.79 Å². The van der Waals surface area contributed by atoms with Gasteiger partial charge in [0.25, 0.3) is 0 Å². The van der Waals surface area contributed by atoms with Crippen LogP contribution >= 0.6 is 0 Å². The van der Waals surface area contributed by atoms with E-state index in [1.165, 1.54) is 5.56 Å². The molecule has 0 bridgehead atoms. The molecule has 0 aliphatic carbocycles. The lowest BCUT2D eigenvalue weighted by molar-refractivity contribution is -0.123. The van der Waals surface area contributed by atoms with E-state index < -0.39 is 5.54 Å². The molecule has 1 rings (SSSR count). The first-order valence-corrected chi connectivity index (χ1v) is 5.11. The van der Waals surface area contributed by atoms with Crippen LogP contribution in [0.25, 0.3) is 0 Å². The summed E-state index contributed by atoms with van der Waals surface area (Å²) in [4.78, 5) is 11.0. The summed E-state index contributed by atoms with van der Waals surface area (Å²) in [5, 5.41) is 3.13. The Morgan fingerprint density at radius 3 is 2.47 bits per heavy atom. The molecular formula is C12H18N2O. The normalized spacial score (nSPS) is 11.3. The van der Waals surface area contributed by atoms with Gasteiger partial charge in [0.2, 0.25) is 5.91 Å². The SMILES string of the molecule is CC(C)(NCCc1ccccc1)C(N)=O. The van der Waals surface area contributed by atoms with E-state index in [0.717, 1.165) is 13.0 Å². The highest BCUT2D eigenvalue weighted by Crippen LogP contribution is 2.02. The number of benzene rings is 1. The Labute approximate surface area is 90.7 Å². The smallest absolute Gasteiger partial charge is 0.237 e. The highest BCUT2D eigenvalue weighted by molar-refractivity contribution is 5.83. The molecule has 1 aromatic rings. The van der Waals surface area contributed by atoms with Crippen LogP contribution in [0.4, 0.5) is 0 Å².